The van der Waals surface area contributed by atoms with Crippen LogP contribution in [0.4, 0.5) is 11.4 Å². The zero-order valence-electron chi connectivity index (χ0n) is 11.1. The molecule has 2 rings (SSSR count). The second-order valence-corrected chi connectivity index (χ2v) is 5.10. The van der Waals surface area contributed by atoms with Gasteiger partial charge in [0.05, 0.1) is 17.9 Å². The Bertz CT molecular complexity index is 443. The second kappa shape index (κ2) is 5.29. The molecule has 3 N–H and O–H groups in total. The molecule has 0 saturated carbocycles. The number of carbonyl (C=O) groups is 1. The summed E-state index contributed by atoms with van der Waals surface area (Å²) in [5.74, 6) is 0.0566. The third-order valence-electron chi connectivity index (χ3n) is 3.13. The lowest BCUT2D eigenvalue weighted by molar-refractivity contribution is -0.120. The first-order valence-corrected chi connectivity index (χ1v) is 6.49. The molecule has 0 aliphatic carbocycles. The van der Waals surface area contributed by atoms with Gasteiger partial charge >= 0.3 is 0 Å². The minimum atomic E-state index is 0.0566. The van der Waals surface area contributed by atoms with Crippen LogP contribution in [0.3, 0.4) is 0 Å². The highest BCUT2D eigenvalue weighted by Crippen LogP contribution is 2.32. The number of carbonyl (C=O) groups excluding carboxylic acids is 1. The molecule has 1 aliphatic heterocycles. The summed E-state index contributed by atoms with van der Waals surface area (Å²) in [6, 6.07) is 6.15. The average molecular weight is 247 g/mol. The van der Waals surface area contributed by atoms with Gasteiger partial charge in [0.2, 0.25) is 5.91 Å². The fraction of sp³-hybridized carbons (Fsp3) is 0.500. The number of nitrogen functional groups attached to an aromatic ring is 1. The van der Waals surface area contributed by atoms with Crippen LogP contribution in [0, 0.1) is 0 Å². The van der Waals surface area contributed by atoms with Gasteiger partial charge in [-0.15, -0.1) is 0 Å². The third kappa shape index (κ3) is 2.75. The molecular weight excluding hydrogens is 226 g/mol. The lowest BCUT2D eigenvalue weighted by atomic mass is 10.0. The number of nitrogens with zero attached hydrogens (tertiary/aromatic N) is 1. The fourth-order valence-corrected chi connectivity index (χ4v) is 2.47. The molecule has 0 radical (unpaired) electrons. The Balaban J connectivity index is 2.15. The summed E-state index contributed by atoms with van der Waals surface area (Å²) in [6.45, 7) is 5.22. The SMILES string of the molecule is CC(C)NC(=O)CN1CCCc2cccc(N)c21. The molecule has 1 aromatic rings. The highest BCUT2D eigenvalue weighted by atomic mass is 16.2. The maximum Gasteiger partial charge on any atom is 0.239 e. The third-order valence-corrected chi connectivity index (χ3v) is 3.13. The Morgan fingerprint density at radius 3 is 3.00 bits per heavy atom. The Hall–Kier alpha value is -1.71. The predicted molar refractivity (Wildman–Crippen MR) is 74.7 cm³/mol. The Morgan fingerprint density at radius 1 is 1.50 bits per heavy atom. The van der Waals surface area contributed by atoms with Crippen molar-refractivity contribution >= 4 is 17.3 Å². The van der Waals surface area contributed by atoms with E-state index in [-0.39, 0.29) is 11.9 Å². The second-order valence-electron chi connectivity index (χ2n) is 5.10. The van der Waals surface area contributed by atoms with Crippen molar-refractivity contribution in [1.29, 1.82) is 0 Å². The molecule has 0 aromatic heterocycles. The lowest BCUT2D eigenvalue weighted by Crippen LogP contribution is -2.42. The number of aryl methyl sites for hydroxylation is 1. The molecular formula is C14H21N3O. The Morgan fingerprint density at radius 2 is 2.28 bits per heavy atom. The van der Waals surface area contributed by atoms with E-state index in [2.05, 4.69) is 16.3 Å². The van der Waals surface area contributed by atoms with Gasteiger partial charge in [-0.3, -0.25) is 4.79 Å². The molecule has 0 atom stereocenters. The highest BCUT2D eigenvalue weighted by molar-refractivity contribution is 5.84. The number of hydrogen-bond donors (Lipinski definition) is 2. The predicted octanol–water partition coefficient (Wildman–Crippen LogP) is 1.55. The van der Waals surface area contributed by atoms with E-state index in [0.717, 1.165) is 30.8 Å². The number of rotatable bonds is 3. The van der Waals surface area contributed by atoms with Crippen LogP contribution in [-0.2, 0) is 11.2 Å². The van der Waals surface area contributed by atoms with Crippen LogP contribution in [0.2, 0.25) is 0 Å². The summed E-state index contributed by atoms with van der Waals surface area (Å²) in [4.78, 5) is 13.9. The number of para-hydroxylation sites is 1. The molecule has 1 aliphatic rings. The summed E-state index contributed by atoms with van der Waals surface area (Å²) in [5.41, 5.74) is 9.10. The number of nitrogens with two attached hydrogens (primary N) is 1. The van der Waals surface area contributed by atoms with Crippen LogP contribution in [0.15, 0.2) is 18.2 Å². The first kappa shape index (κ1) is 12.7. The molecule has 0 unspecified atom stereocenters. The zero-order valence-corrected chi connectivity index (χ0v) is 11.1. The molecule has 4 heteroatoms. The van der Waals surface area contributed by atoms with E-state index in [0.29, 0.717) is 6.54 Å². The number of benzene rings is 1. The van der Waals surface area contributed by atoms with Gasteiger partial charge in [-0.1, -0.05) is 12.1 Å². The van der Waals surface area contributed by atoms with E-state index in [1.54, 1.807) is 0 Å². The molecule has 0 bridgehead atoms. The molecule has 98 valence electrons. The minimum absolute atomic E-state index is 0.0566. The van der Waals surface area contributed by atoms with Crippen LogP contribution in [0.5, 0.6) is 0 Å². The van der Waals surface area contributed by atoms with Crippen LogP contribution in [-0.4, -0.2) is 25.0 Å². The summed E-state index contributed by atoms with van der Waals surface area (Å²) in [5, 5.41) is 2.92. The molecule has 4 nitrogen and oxygen atoms in total. The topological polar surface area (TPSA) is 58.4 Å². The molecule has 1 aromatic carbocycles. The van der Waals surface area contributed by atoms with E-state index < -0.39 is 0 Å². The van der Waals surface area contributed by atoms with Crippen LogP contribution < -0.4 is 16.0 Å². The average Bonchev–Trinajstić information content (AvgIpc) is 2.28. The van der Waals surface area contributed by atoms with Crippen LogP contribution in [0.25, 0.3) is 0 Å². The number of amides is 1. The van der Waals surface area contributed by atoms with Crippen LogP contribution in [0.1, 0.15) is 25.8 Å². The quantitative estimate of drug-likeness (QED) is 0.797. The molecule has 1 amide bonds. The molecule has 18 heavy (non-hydrogen) atoms. The van der Waals surface area contributed by atoms with Crippen molar-refractivity contribution in [2.75, 3.05) is 23.7 Å². The van der Waals surface area contributed by atoms with Gasteiger partial charge in [0, 0.05) is 12.6 Å². The molecule has 1 heterocycles. The monoisotopic (exact) mass is 247 g/mol. The van der Waals surface area contributed by atoms with E-state index in [4.69, 9.17) is 5.73 Å². The number of nitrogens with one attached hydrogen (secondary N) is 1. The van der Waals surface area contributed by atoms with Gasteiger partial charge in [-0.25, -0.2) is 0 Å². The minimum Gasteiger partial charge on any atom is -0.397 e. The standard InChI is InChI=1S/C14H21N3O/c1-10(2)16-13(18)9-17-8-4-6-11-5-3-7-12(15)14(11)17/h3,5,7,10H,4,6,8-9,15H2,1-2H3,(H,16,18). The van der Waals surface area contributed by atoms with Gasteiger partial charge in [0.1, 0.15) is 0 Å². The summed E-state index contributed by atoms with van der Waals surface area (Å²) in [7, 11) is 0. The number of fused-ring (bicyclic) bond motifs is 1. The molecule has 0 spiro atoms. The van der Waals surface area contributed by atoms with E-state index in [1.807, 2.05) is 26.0 Å². The summed E-state index contributed by atoms with van der Waals surface area (Å²) < 4.78 is 0. The first-order chi connectivity index (χ1) is 8.58. The molecule has 0 fully saturated rings. The zero-order chi connectivity index (χ0) is 13.1. The maximum atomic E-state index is 11.8. The van der Waals surface area contributed by atoms with Crippen LogP contribution >= 0.6 is 0 Å². The van der Waals surface area contributed by atoms with Crippen molar-refractivity contribution < 1.29 is 4.79 Å². The van der Waals surface area contributed by atoms with Crippen molar-refractivity contribution in [3.05, 3.63) is 23.8 Å². The van der Waals surface area contributed by atoms with E-state index in [9.17, 15) is 4.79 Å². The van der Waals surface area contributed by atoms with Crippen molar-refractivity contribution in [3.63, 3.8) is 0 Å². The number of anilines is 2. The highest BCUT2D eigenvalue weighted by Gasteiger charge is 2.21. The van der Waals surface area contributed by atoms with E-state index >= 15 is 0 Å². The van der Waals surface area contributed by atoms with Gasteiger partial charge in [0.25, 0.3) is 0 Å². The summed E-state index contributed by atoms with van der Waals surface area (Å²) in [6.07, 6.45) is 2.12. The van der Waals surface area contributed by atoms with Gasteiger partial charge in [0.15, 0.2) is 0 Å². The Kier molecular flexibility index (Phi) is 3.75. The molecule has 0 saturated heterocycles. The number of hydrogen-bond acceptors (Lipinski definition) is 3. The normalized spacial score (nSPS) is 14.5. The summed E-state index contributed by atoms with van der Waals surface area (Å²) >= 11 is 0. The van der Waals surface area contributed by atoms with Gasteiger partial charge in [-0.05, 0) is 38.3 Å². The van der Waals surface area contributed by atoms with Crippen molar-refractivity contribution in [1.82, 2.24) is 5.32 Å². The Labute approximate surface area is 108 Å². The van der Waals surface area contributed by atoms with Gasteiger partial charge < -0.3 is 16.0 Å². The van der Waals surface area contributed by atoms with Gasteiger partial charge in [-0.2, -0.15) is 0 Å². The smallest absolute Gasteiger partial charge is 0.239 e. The largest absolute Gasteiger partial charge is 0.397 e. The maximum absolute atomic E-state index is 11.8. The fourth-order valence-electron chi connectivity index (χ4n) is 2.47. The lowest BCUT2D eigenvalue weighted by Gasteiger charge is -2.32. The van der Waals surface area contributed by atoms with Crippen molar-refractivity contribution in [3.8, 4) is 0 Å². The van der Waals surface area contributed by atoms with E-state index in [1.165, 1.54) is 5.56 Å². The van der Waals surface area contributed by atoms with Crippen molar-refractivity contribution in [2.45, 2.75) is 32.7 Å². The van der Waals surface area contributed by atoms with Crippen molar-refractivity contribution in [2.24, 2.45) is 0 Å². The first-order valence-electron chi connectivity index (χ1n) is 6.49.